The van der Waals surface area contributed by atoms with Crippen LogP contribution in [-0.4, -0.2) is 56.1 Å². The van der Waals surface area contributed by atoms with Crippen LogP contribution in [0.5, 0.6) is 17.2 Å². The first-order valence-electron chi connectivity index (χ1n) is 10.7. The van der Waals surface area contributed by atoms with E-state index < -0.39 is 16.7 Å². The third-order valence-corrected chi connectivity index (χ3v) is 5.50. The summed E-state index contributed by atoms with van der Waals surface area (Å²) < 4.78 is 15.5. The van der Waals surface area contributed by atoms with E-state index in [-0.39, 0.29) is 28.4 Å². The number of ether oxygens (including phenoxy) is 3. The highest BCUT2D eigenvalue weighted by atomic mass is 16.6. The van der Waals surface area contributed by atoms with Gasteiger partial charge in [-0.25, -0.2) is 0 Å². The van der Waals surface area contributed by atoms with Crippen LogP contribution >= 0.6 is 0 Å². The van der Waals surface area contributed by atoms with Crippen molar-refractivity contribution in [3.63, 3.8) is 0 Å². The van der Waals surface area contributed by atoms with Gasteiger partial charge in [0.25, 0.3) is 17.5 Å². The first-order valence-corrected chi connectivity index (χ1v) is 10.7. The lowest BCUT2D eigenvalue weighted by atomic mass is 10.1. The van der Waals surface area contributed by atoms with Crippen LogP contribution in [0.1, 0.15) is 35.2 Å². The Labute approximate surface area is 197 Å². The second kappa shape index (κ2) is 11.2. The van der Waals surface area contributed by atoms with Crippen LogP contribution in [0.3, 0.4) is 0 Å². The highest BCUT2D eigenvalue weighted by Gasteiger charge is 2.25. The molecule has 1 heterocycles. The van der Waals surface area contributed by atoms with Crippen molar-refractivity contribution in [2.24, 2.45) is 0 Å². The van der Waals surface area contributed by atoms with Gasteiger partial charge in [0.2, 0.25) is 0 Å². The Morgan fingerprint density at radius 1 is 0.971 bits per heavy atom. The molecule has 0 aromatic heterocycles. The number of nitrogens with zero attached hydrogens (tertiary/aromatic N) is 2. The van der Waals surface area contributed by atoms with Gasteiger partial charge in [0.15, 0.2) is 11.5 Å². The van der Waals surface area contributed by atoms with Gasteiger partial charge in [-0.05, 0) is 55.7 Å². The molecule has 0 atom stereocenters. The summed E-state index contributed by atoms with van der Waals surface area (Å²) in [4.78, 5) is 39.0. The first kappa shape index (κ1) is 24.6. The Hall–Kier alpha value is -4.08. The molecule has 0 spiro atoms. The lowest BCUT2D eigenvalue weighted by Crippen LogP contribution is -2.41. The van der Waals surface area contributed by atoms with Crippen molar-refractivity contribution >= 4 is 23.6 Å². The van der Waals surface area contributed by atoms with Gasteiger partial charge >= 0.3 is 0 Å². The third-order valence-electron chi connectivity index (χ3n) is 5.50. The van der Waals surface area contributed by atoms with Crippen LogP contribution in [0.2, 0.25) is 0 Å². The fourth-order valence-electron chi connectivity index (χ4n) is 3.67. The molecular weight excluding hydrogens is 442 g/mol. The maximum atomic E-state index is 13.3. The molecule has 34 heavy (non-hydrogen) atoms. The molecular formula is C24H27N3O7. The molecule has 0 aliphatic carbocycles. The molecule has 3 rings (SSSR count). The lowest BCUT2D eigenvalue weighted by molar-refractivity contribution is -0.385. The predicted octanol–water partition coefficient (Wildman–Crippen LogP) is 3.40. The van der Waals surface area contributed by atoms with E-state index in [1.54, 1.807) is 29.2 Å². The Bertz CT molecular complexity index is 1090. The summed E-state index contributed by atoms with van der Waals surface area (Å²) in [6.07, 6.45) is 4.02. The standard InChI is InChI=1S/C24H27N3O7/c1-32-18-9-7-16(8-10-18)23(28)25-19(24(29)26-11-5-4-6-12-26)13-17-14-21(33-2)22(34-3)15-20(17)27(30)31/h7-10,13-15H,4-6,11-12H2,1-3H3,(H,25,28)/b19-13-. The minimum Gasteiger partial charge on any atom is -0.497 e. The molecule has 1 aliphatic heterocycles. The normalized spacial score (nSPS) is 13.7. The van der Waals surface area contributed by atoms with E-state index in [0.29, 0.717) is 24.4 Å². The Morgan fingerprint density at radius 3 is 2.15 bits per heavy atom. The molecule has 2 aromatic rings. The van der Waals surface area contributed by atoms with Gasteiger partial charge in [-0.2, -0.15) is 0 Å². The number of benzene rings is 2. The number of amides is 2. The van der Waals surface area contributed by atoms with E-state index in [1.807, 2.05) is 0 Å². The molecule has 0 unspecified atom stereocenters. The molecule has 0 bridgehead atoms. The fourth-order valence-corrected chi connectivity index (χ4v) is 3.67. The summed E-state index contributed by atoms with van der Waals surface area (Å²) in [6.45, 7) is 1.09. The number of hydrogen-bond donors (Lipinski definition) is 1. The van der Waals surface area contributed by atoms with Gasteiger partial charge in [0.05, 0.1) is 37.9 Å². The lowest BCUT2D eigenvalue weighted by Gasteiger charge is -2.27. The van der Waals surface area contributed by atoms with Crippen LogP contribution in [-0.2, 0) is 4.79 Å². The van der Waals surface area contributed by atoms with Crippen molar-refractivity contribution in [2.45, 2.75) is 19.3 Å². The maximum absolute atomic E-state index is 13.3. The summed E-state index contributed by atoms with van der Waals surface area (Å²) in [5, 5.41) is 14.4. The molecule has 2 amide bonds. The molecule has 2 aromatic carbocycles. The van der Waals surface area contributed by atoms with Crippen molar-refractivity contribution in [3.05, 3.63) is 63.3 Å². The molecule has 1 saturated heterocycles. The van der Waals surface area contributed by atoms with Crippen molar-refractivity contribution in [1.82, 2.24) is 10.2 Å². The van der Waals surface area contributed by atoms with Crippen molar-refractivity contribution in [2.75, 3.05) is 34.4 Å². The minimum absolute atomic E-state index is 0.0713. The smallest absolute Gasteiger partial charge is 0.280 e. The Morgan fingerprint density at radius 2 is 1.59 bits per heavy atom. The molecule has 180 valence electrons. The molecule has 0 saturated carbocycles. The minimum atomic E-state index is -0.581. The number of piperidine rings is 1. The number of nitro benzene ring substituents is 1. The van der Waals surface area contributed by atoms with Gasteiger partial charge in [-0.1, -0.05) is 0 Å². The highest BCUT2D eigenvalue weighted by molar-refractivity contribution is 6.05. The van der Waals surface area contributed by atoms with Crippen molar-refractivity contribution in [1.29, 1.82) is 0 Å². The summed E-state index contributed by atoms with van der Waals surface area (Å²) in [7, 11) is 4.29. The number of likely N-dealkylation sites (tertiary alicyclic amines) is 1. The van der Waals surface area contributed by atoms with Gasteiger partial charge in [0.1, 0.15) is 11.4 Å². The zero-order valence-corrected chi connectivity index (χ0v) is 19.3. The van der Waals surface area contributed by atoms with E-state index in [2.05, 4.69) is 5.32 Å². The first-order chi connectivity index (χ1) is 16.4. The van der Waals surface area contributed by atoms with E-state index >= 15 is 0 Å². The SMILES string of the molecule is COc1ccc(C(=O)N/C(=C\c2cc(OC)c(OC)cc2[N+](=O)[O-])C(=O)N2CCCCC2)cc1. The average Bonchev–Trinajstić information content (AvgIpc) is 2.87. The van der Waals surface area contributed by atoms with E-state index in [1.165, 1.54) is 39.5 Å². The van der Waals surface area contributed by atoms with Crippen LogP contribution in [0, 0.1) is 10.1 Å². The highest BCUT2D eigenvalue weighted by Crippen LogP contribution is 2.35. The third kappa shape index (κ3) is 5.64. The van der Waals surface area contributed by atoms with Gasteiger partial charge < -0.3 is 24.4 Å². The number of carbonyl (C=O) groups is 2. The molecule has 10 nitrogen and oxygen atoms in total. The quantitative estimate of drug-likeness (QED) is 0.357. The second-order valence-corrected chi connectivity index (χ2v) is 7.62. The number of rotatable bonds is 8. The summed E-state index contributed by atoms with van der Waals surface area (Å²) in [5.74, 6) is 0.0776. The Kier molecular flexibility index (Phi) is 8.07. The Balaban J connectivity index is 2.04. The topological polar surface area (TPSA) is 120 Å². The molecule has 10 heteroatoms. The second-order valence-electron chi connectivity index (χ2n) is 7.62. The number of carbonyl (C=O) groups excluding carboxylic acids is 2. The van der Waals surface area contributed by atoms with E-state index in [4.69, 9.17) is 14.2 Å². The van der Waals surface area contributed by atoms with Gasteiger partial charge in [-0.15, -0.1) is 0 Å². The predicted molar refractivity (Wildman–Crippen MR) is 125 cm³/mol. The molecule has 1 aliphatic rings. The van der Waals surface area contributed by atoms with Crippen LogP contribution in [0.15, 0.2) is 42.1 Å². The maximum Gasteiger partial charge on any atom is 0.280 e. The monoisotopic (exact) mass is 469 g/mol. The summed E-state index contributed by atoms with van der Waals surface area (Å²) in [6, 6.07) is 9.01. The van der Waals surface area contributed by atoms with Crippen molar-refractivity contribution < 1.29 is 28.7 Å². The molecule has 1 fully saturated rings. The fraction of sp³-hybridized carbons (Fsp3) is 0.333. The number of nitro groups is 1. The molecule has 0 radical (unpaired) electrons. The largest absolute Gasteiger partial charge is 0.497 e. The van der Waals surface area contributed by atoms with Crippen molar-refractivity contribution in [3.8, 4) is 17.2 Å². The number of nitrogens with one attached hydrogen (secondary N) is 1. The molecule has 1 N–H and O–H groups in total. The number of hydrogen-bond acceptors (Lipinski definition) is 7. The van der Waals surface area contributed by atoms with Gasteiger partial charge in [-0.3, -0.25) is 19.7 Å². The van der Waals surface area contributed by atoms with E-state index in [9.17, 15) is 19.7 Å². The summed E-state index contributed by atoms with van der Waals surface area (Å²) >= 11 is 0. The van der Waals surface area contributed by atoms with Crippen LogP contribution in [0.25, 0.3) is 6.08 Å². The number of methoxy groups -OCH3 is 3. The average molecular weight is 469 g/mol. The van der Waals surface area contributed by atoms with Crippen LogP contribution < -0.4 is 19.5 Å². The summed E-state index contributed by atoms with van der Waals surface area (Å²) in [5.41, 5.74) is 0.0383. The van der Waals surface area contributed by atoms with Crippen LogP contribution in [0.4, 0.5) is 5.69 Å². The zero-order valence-electron chi connectivity index (χ0n) is 19.3. The zero-order chi connectivity index (χ0) is 24.7. The van der Waals surface area contributed by atoms with E-state index in [0.717, 1.165) is 19.3 Å². The van der Waals surface area contributed by atoms with Gasteiger partial charge in [0, 0.05) is 18.7 Å².